The zero-order valence-corrected chi connectivity index (χ0v) is 15.5. The van der Waals surface area contributed by atoms with Crippen molar-refractivity contribution >= 4 is 40.5 Å². The highest BCUT2D eigenvalue weighted by Gasteiger charge is 2.29. The normalized spacial score (nSPS) is 16.9. The van der Waals surface area contributed by atoms with Gasteiger partial charge in [-0.05, 0) is 49.3 Å². The fraction of sp³-hybridized carbons (Fsp3) is 0.158. The molecule has 0 saturated carbocycles. The molecule has 25 heavy (non-hydrogen) atoms. The summed E-state index contributed by atoms with van der Waals surface area (Å²) in [5.74, 6) is -0.200. The van der Waals surface area contributed by atoms with Crippen molar-refractivity contribution in [3.63, 3.8) is 0 Å². The van der Waals surface area contributed by atoms with E-state index in [1.165, 1.54) is 0 Å². The van der Waals surface area contributed by atoms with E-state index in [0.717, 1.165) is 16.8 Å². The van der Waals surface area contributed by atoms with Crippen molar-refractivity contribution in [1.29, 1.82) is 0 Å². The lowest BCUT2D eigenvalue weighted by atomic mass is 9.95. The van der Waals surface area contributed by atoms with Gasteiger partial charge < -0.3 is 16.0 Å². The maximum atomic E-state index is 12.9. The summed E-state index contributed by atoms with van der Waals surface area (Å²) < 4.78 is 0. The topological polar surface area (TPSA) is 53.2 Å². The number of amides is 1. The first-order valence-electron chi connectivity index (χ1n) is 7.86. The number of rotatable bonds is 3. The summed E-state index contributed by atoms with van der Waals surface area (Å²) in [5.41, 5.74) is 3.91. The molecule has 0 aliphatic carbocycles. The van der Waals surface area contributed by atoms with Gasteiger partial charge in [0.1, 0.15) is 0 Å². The molecule has 0 radical (unpaired) electrons. The molecular weight excluding hydrogens is 354 g/mol. The van der Waals surface area contributed by atoms with Gasteiger partial charge in [-0.1, -0.05) is 48.0 Å². The van der Waals surface area contributed by atoms with Crippen LogP contribution in [0.5, 0.6) is 0 Å². The van der Waals surface area contributed by atoms with Crippen molar-refractivity contribution in [2.24, 2.45) is 0 Å². The molecular formula is C19H18ClN3OS. The van der Waals surface area contributed by atoms with Crippen LogP contribution in [-0.2, 0) is 4.79 Å². The molecule has 1 atom stereocenters. The van der Waals surface area contributed by atoms with E-state index in [9.17, 15) is 4.79 Å². The van der Waals surface area contributed by atoms with Gasteiger partial charge in [-0.2, -0.15) is 0 Å². The summed E-state index contributed by atoms with van der Waals surface area (Å²) in [6.45, 7) is 3.77. The molecule has 0 fully saturated rings. The lowest BCUT2D eigenvalue weighted by molar-refractivity contribution is -0.113. The first-order chi connectivity index (χ1) is 12.0. The molecule has 4 nitrogen and oxygen atoms in total. The Morgan fingerprint density at radius 1 is 1.16 bits per heavy atom. The highest BCUT2D eigenvalue weighted by molar-refractivity contribution is 7.80. The summed E-state index contributed by atoms with van der Waals surface area (Å²) >= 11 is 11.4. The third kappa shape index (κ3) is 3.83. The predicted molar refractivity (Wildman–Crippen MR) is 106 cm³/mol. The molecule has 1 amide bonds. The maximum Gasteiger partial charge on any atom is 0.255 e. The van der Waals surface area contributed by atoms with Crippen molar-refractivity contribution in [3.05, 3.63) is 76.0 Å². The first kappa shape index (κ1) is 17.5. The molecule has 1 aliphatic rings. The Kier molecular flexibility index (Phi) is 5.06. The minimum atomic E-state index is -0.309. The van der Waals surface area contributed by atoms with Gasteiger partial charge in [-0.15, -0.1) is 0 Å². The van der Waals surface area contributed by atoms with Gasteiger partial charge in [0.25, 0.3) is 5.91 Å². The Balaban J connectivity index is 1.93. The van der Waals surface area contributed by atoms with Crippen LogP contribution in [0.4, 0.5) is 5.69 Å². The highest BCUT2D eigenvalue weighted by atomic mass is 35.5. The molecule has 0 saturated heterocycles. The van der Waals surface area contributed by atoms with E-state index >= 15 is 0 Å². The Morgan fingerprint density at radius 3 is 2.56 bits per heavy atom. The number of carbonyl (C=O) groups is 1. The molecule has 2 aromatic rings. The average Bonchev–Trinajstić information content (AvgIpc) is 2.58. The van der Waals surface area contributed by atoms with E-state index in [1.807, 2.05) is 56.3 Å². The Labute approximate surface area is 157 Å². The van der Waals surface area contributed by atoms with Crippen LogP contribution in [0.1, 0.15) is 24.1 Å². The molecule has 1 heterocycles. The lowest BCUT2D eigenvalue weighted by Gasteiger charge is -2.30. The summed E-state index contributed by atoms with van der Waals surface area (Å²) in [5, 5.41) is 10.2. The first-order valence-corrected chi connectivity index (χ1v) is 8.65. The Morgan fingerprint density at radius 2 is 1.88 bits per heavy atom. The van der Waals surface area contributed by atoms with Crippen molar-refractivity contribution in [1.82, 2.24) is 10.6 Å². The van der Waals surface area contributed by atoms with Crippen LogP contribution in [-0.4, -0.2) is 11.0 Å². The summed E-state index contributed by atoms with van der Waals surface area (Å²) in [7, 11) is 0. The zero-order valence-electron chi connectivity index (χ0n) is 13.9. The third-order valence-electron chi connectivity index (χ3n) is 4.08. The molecule has 0 bridgehead atoms. The van der Waals surface area contributed by atoms with E-state index in [-0.39, 0.29) is 11.9 Å². The fourth-order valence-corrected chi connectivity index (χ4v) is 3.21. The van der Waals surface area contributed by atoms with Crippen LogP contribution in [0, 0.1) is 6.92 Å². The minimum Gasteiger partial charge on any atom is -0.351 e. The molecule has 0 spiro atoms. The van der Waals surface area contributed by atoms with Gasteiger partial charge in [-0.25, -0.2) is 0 Å². The average molecular weight is 372 g/mol. The summed E-state index contributed by atoms with van der Waals surface area (Å²) in [6, 6.07) is 14.9. The largest absolute Gasteiger partial charge is 0.351 e. The fourth-order valence-electron chi connectivity index (χ4n) is 2.76. The highest BCUT2D eigenvalue weighted by Crippen LogP contribution is 2.28. The van der Waals surface area contributed by atoms with Gasteiger partial charge in [0.05, 0.1) is 11.6 Å². The van der Waals surface area contributed by atoms with Crippen molar-refractivity contribution in [2.75, 3.05) is 5.32 Å². The molecule has 128 valence electrons. The van der Waals surface area contributed by atoms with Crippen molar-refractivity contribution < 1.29 is 4.79 Å². The number of aryl methyl sites for hydroxylation is 1. The quantitative estimate of drug-likeness (QED) is 0.711. The van der Waals surface area contributed by atoms with Crippen LogP contribution in [0.2, 0.25) is 5.02 Å². The van der Waals surface area contributed by atoms with Gasteiger partial charge in [0.15, 0.2) is 5.11 Å². The van der Waals surface area contributed by atoms with Crippen LogP contribution < -0.4 is 16.0 Å². The third-order valence-corrected chi connectivity index (χ3v) is 4.70. The number of hydrogen-bond donors (Lipinski definition) is 3. The molecule has 3 rings (SSSR count). The number of halogens is 1. The van der Waals surface area contributed by atoms with E-state index in [2.05, 4.69) is 16.0 Å². The molecule has 6 heteroatoms. The van der Waals surface area contributed by atoms with Crippen LogP contribution in [0.25, 0.3) is 0 Å². The number of nitrogens with one attached hydrogen (secondary N) is 3. The van der Waals surface area contributed by atoms with Gasteiger partial charge in [0, 0.05) is 16.4 Å². The Bertz CT molecular complexity index is 864. The summed E-state index contributed by atoms with van der Waals surface area (Å²) in [6.07, 6.45) is 0. The second kappa shape index (κ2) is 7.25. The number of anilines is 1. The van der Waals surface area contributed by atoms with E-state index in [0.29, 0.717) is 21.4 Å². The van der Waals surface area contributed by atoms with E-state index in [1.54, 1.807) is 6.07 Å². The molecule has 3 N–H and O–H groups in total. The van der Waals surface area contributed by atoms with E-state index < -0.39 is 0 Å². The van der Waals surface area contributed by atoms with Gasteiger partial charge in [0.2, 0.25) is 0 Å². The van der Waals surface area contributed by atoms with Crippen LogP contribution in [0.3, 0.4) is 0 Å². The number of benzene rings is 2. The van der Waals surface area contributed by atoms with Gasteiger partial charge >= 0.3 is 0 Å². The van der Waals surface area contributed by atoms with E-state index in [4.69, 9.17) is 23.8 Å². The number of allylic oxidation sites excluding steroid dienone is 1. The van der Waals surface area contributed by atoms with Crippen LogP contribution >= 0.6 is 23.8 Å². The molecule has 2 aromatic carbocycles. The SMILES string of the molecule is CC1=C(C(=O)Nc2ccc(C)c(Cl)c2)[C@@H](c2ccccc2)NC(=S)N1. The zero-order chi connectivity index (χ0) is 18.0. The summed E-state index contributed by atoms with van der Waals surface area (Å²) in [4.78, 5) is 12.9. The second-order valence-electron chi connectivity index (χ2n) is 5.90. The second-order valence-corrected chi connectivity index (χ2v) is 6.71. The maximum absolute atomic E-state index is 12.9. The molecule has 0 aromatic heterocycles. The molecule has 1 aliphatic heterocycles. The number of hydrogen-bond acceptors (Lipinski definition) is 2. The van der Waals surface area contributed by atoms with Crippen LogP contribution in [0.15, 0.2) is 59.8 Å². The van der Waals surface area contributed by atoms with Gasteiger partial charge in [-0.3, -0.25) is 4.79 Å². The molecule has 0 unspecified atom stereocenters. The smallest absolute Gasteiger partial charge is 0.255 e. The predicted octanol–water partition coefficient (Wildman–Crippen LogP) is 4.08. The number of carbonyl (C=O) groups excluding carboxylic acids is 1. The van der Waals surface area contributed by atoms with Crippen molar-refractivity contribution in [3.8, 4) is 0 Å². The standard InChI is InChI=1S/C19H18ClN3OS/c1-11-8-9-14(10-15(11)20)22-18(24)16-12(2)21-19(25)23-17(16)13-6-4-3-5-7-13/h3-10,17H,1-2H3,(H,22,24)(H2,21,23,25)/t17-/m1/s1. The lowest BCUT2D eigenvalue weighted by Crippen LogP contribution is -2.45. The monoisotopic (exact) mass is 371 g/mol. The number of thiocarbonyl (C=S) groups is 1. The minimum absolute atomic E-state index is 0.200. The van der Waals surface area contributed by atoms with Crippen molar-refractivity contribution in [2.45, 2.75) is 19.9 Å². The Hall–Kier alpha value is -2.37.